The van der Waals surface area contributed by atoms with Gasteiger partial charge in [-0.15, -0.1) is 0 Å². The number of nitrogens with one attached hydrogen (secondary N) is 1. The van der Waals surface area contributed by atoms with Crippen LogP contribution in [0.2, 0.25) is 0 Å². The van der Waals surface area contributed by atoms with Crippen LogP contribution in [0.4, 0.5) is 0 Å². The molecule has 0 bridgehead atoms. The third kappa shape index (κ3) is 5.45. The van der Waals surface area contributed by atoms with Crippen molar-refractivity contribution in [2.24, 2.45) is 5.92 Å². The molecule has 0 aliphatic rings. The van der Waals surface area contributed by atoms with Gasteiger partial charge in [-0.1, -0.05) is 42.8 Å². The van der Waals surface area contributed by atoms with Crippen molar-refractivity contribution in [3.8, 4) is 0 Å². The Balaban J connectivity index is 3.51. The molecule has 0 aromatic rings. The van der Waals surface area contributed by atoms with Crippen LogP contribution in [0.25, 0.3) is 0 Å². The van der Waals surface area contributed by atoms with E-state index < -0.39 is 0 Å². The second-order valence-electron chi connectivity index (χ2n) is 3.07. The maximum Gasteiger partial charge on any atom is 0.0268 e. The second-order valence-corrected chi connectivity index (χ2v) is 4.19. The van der Waals surface area contributed by atoms with Gasteiger partial charge in [0.15, 0.2) is 0 Å². The fraction of sp³-hybridized carbons (Fsp3) is 0.778. The zero-order valence-electron chi connectivity index (χ0n) is 7.65. The van der Waals surface area contributed by atoms with Crippen molar-refractivity contribution in [1.82, 2.24) is 5.32 Å². The van der Waals surface area contributed by atoms with Gasteiger partial charge in [-0.3, -0.25) is 0 Å². The molecule has 0 heterocycles. The van der Waals surface area contributed by atoms with Crippen LogP contribution in [0, 0.1) is 5.92 Å². The molecule has 11 heavy (non-hydrogen) atoms. The Hall–Kier alpha value is 0.180. The molecule has 1 N–H and O–H groups in total. The molecular formula is C9H18BrN. The summed E-state index contributed by atoms with van der Waals surface area (Å²) in [5, 5.41) is 3.39. The zero-order chi connectivity index (χ0) is 8.85. The highest BCUT2D eigenvalue weighted by atomic mass is 79.9. The number of rotatable bonds is 5. The fourth-order valence-corrected chi connectivity index (χ4v) is 0.988. The molecule has 2 atom stereocenters. The molecule has 0 aromatic heterocycles. The predicted molar refractivity (Wildman–Crippen MR) is 55.0 cm³/mol. The lowest BCUT2D eigenvalue weighted by atomic mass is 10.0. The summed E-state index contributed by atoms with van der Waals surface area (Å²) in [4.78, 5) is 0. The lowest BCUT2D eigenvalue weighted by Crippen LogP contribution is -2.32. The molecule has 0 aliphatic carbocycles. The summed E-state index contributed by atoms with van der Waals surface area (Å²) in [5.41, 5.74) is 0. The van der Waals surface area contributed by atoms with E-state index in [9.17, 15) is 0 Å². The number of halogens is 1. The van der Waals surface area contributed by atoms with Gasteiger partial charge in [0, 0.05) is 17.1 Å². The molecule has 0 rings (SSSR count). The summed E-state index contributed by atoms with van der Waals surface area (Å²) in [6.45, 7) is 11.3. The topological polar surface area (TPSA) is 12.0 Å². The number of hydrogen-bond acceptors (Lipinski definition) is 1. The summed E-state index contributed by atoms with van der Waals surface area (Å²) in [5.74, 6) is 0.738. The Morgan fingerprint density at radius 1 is 1.55 bits per heavy atom. The molecule has 0 saturated heterocycles. The zero-order valence-corrected chi connectivity index (χ0v) is 9.24. The largest absolute Gasteiger partial charge is 0.309 e. The van der Waals surface area contributed by atoms with Crippen LogP contribution in [0.15, 0.2) is 11.1 Å². The van der Waals surface area contributed by atoms with Crippen LogP contribution in [0.1, 0.15) is 27.2 Å². The van der Waals surface area contributed by atoms with Crippen molar-refractivity contribution < 1.29 is 0 Å². The van der Waals surface area contributed by atoms with Gasteiger partial charge in [0.1, 0.15) is 0 Å². The Morgan fingerprint density at radius 3 is 2.45 bits per heavy atom. The molecule has 0 radical (unpaired) electrons. The Morgan fingerprint density at radius 2 is 2.09 bits per heavy atom. The highest BCUT2D eigenvalue weighted by molar-refractivity contribution is 9.11. The first-order chi connectivity index (χ1) is 5.07. The van der Waals surface area contributed by atoms with E-state index in [-0.39, 0.29) is 0 Å². The molecular weight excluding hydrogens is 202 g/mol. The average Bonchev–Trinajstić information content (AvgIpc) is 1.98. The summed E-state index contributed by atoms with van der Waals surface area (Å²) in [6, 6.07) is 0.578. The molecule has 2 heteroatoms. The van der Waals surface area contributed by atoms with Crippen LogP contribution >= 0.6 is 15.9 Å². The third-order valence-electron chi connectivity index (χ3n) is 2.11. The first-order valence-electron chi connectivity index (χ1n) is 4.14. The highest BCUT2D eigenvalue weighted by Gasteiger charge is 2.08. The summed E-state index contributed by atoms with van der Waals surface area (Å²) in [6.07, 6.45) is 1.23. The first kappa shape index (κ1) is 11.2. The van der Waals surface area contributed by atoms with Gasteiger partial charge in [0.25, 0.3) is 0 Å². The maximum atomic E-state index is 3.77. The van der Waals surface area contributed by atoms with Crippen molar-refractivity contribution in [2.75, 3.05) is 6.54 Å². The molecule has 66 valence electrons. The van der Waals surface area contributed by atoms with Crippen molar-refractivity contribution >= 4 is 15.9 Å². The predicted octanol–water partition coefficient (Wildman–Crippen LogP) is 2.92. The van der Waals surface area contributed by atoms with E-state index in [1.165, 1.54) is 6.42 Å². The minimum absolute atomic E-state index is 0.578. The minimum atomic E-state index is 0.578. The van der Waals surface area contributed by atoms with Gasteiger partial charge in [-0.25, -0.2) is 0 Å². The lowest BCUT2D eigenvalue weighted by Gasteiger charge is -2.19. The van der Waals surface area contributed by atoms with Crippen molar-refractivity contribution in [2.45, 2.75) is 33.2 Å². The molecule has 0 aromatic carbocycles. The third-order valence-corrected chi connectivity index (χ3v) is 2.39. The van der Waals surface area contributed by atoms with Crippen LogP contribution in [-0.2, 0) is 0 Å². The van der Waals surface area contributed by atoms with E-state index in [0.717, 1.165) is 16.9 Å². The van der Waals surface area contributed by atoms with Crippen molar-refractivity contribution in [3.05, 3.63) is 11.1 Å². The average molecular weight is 220 g/mol. The molecule has 0 aliphatic heterocycles. The quantitative estimate of drug-likeness (QED) is 0.751. The van der Waals surface area contributed by atoms with Crippen LogP contribution in [0.3, 0.4) is 0 Å². The fourth-order valence-electron chi connectivity index (χ4n) is 0.826. The van der Waals surface area contributed by atoms with Crippen LogP contribution < -0.4 is 5.32 Å². The monoisotopic (exact) mass is 219 g/mol. The lowest BCUT2D eigenvalue weighted by molar-refractivity contribution is 0.404. The molecule has 0 amide bonds. The van der Waals surface area contributed by atoms with Crippen LogP contribution in [0.5, 0.6) is 0 Å². The van der Waals surface area contributed by atoms with Crippen LogP contribution in [-0.4, -0.2) is 12.6 Å². The van der Waals surface area contributed by atoms with Gasteiger partial charge >= 0.3 is 0 Å². The van der Waals surface area contributed by atoms with E-state index >= 15 is 0 Å². The van der Waals surface area contributed by atoms with E-state index in [1.54, 1.807) is 0 Å². The van der Waals surface area contributed by atoms with E-state index in [1.807, 2.05) is 0 Å². The Kier molecular flexibility index (Phi) is 5.88. The number of hydrogen-bond donors (Lipinski definition) is 1. The molecule has 0 spiro atoms. The smallest absolute Gasteiger partial charge is 0.0268 e. The SMILES string of the molecule is C=C(Br)CNC(C)C(C)CC. The Labute approximate surface area is 78.4 Å². The molecule has 1 nitrogen and oxygen atoms in total. The summed E-state index contributed by atoms with van der Waals surface area (Å²) < 4.78 is 1.02. The minimum Gasteiger partial charge on any atom is -0.309 e. The van der Waals surface area contributed by atoms with E-state index in [2.05, 4.69) is 48.6 Å². The van der Waals surface area contributed by atoms with E-state index in [4.69, 9.17) is 0 Å². The first-order valence-corrected chi connectivity index (χ1v) is 4.93. The van der Waals surface area contributed by atoms with Gasteiger partial charge in [0.2, 0.25) is 0 Å². The van der Waals surface area contributed by atoms with Gasteiger partial charge < -0.3 is 5.32 Å². The Bertz CT molecular complexity index is 123. The summed E-state index contributed by atoms with van der Waals surface area (Å²) in [7, 11) is 0. The standard InChI is InChI=1S/C9H18BrN/c1-5-7(2)9(4)11-6-8(3)10/h7,9,11H,3,5-6H2,1-2,4H3. The van der Waals surface area contributed by atoms with Gasteiger partial charge in [-0.05, 0) is 12.8 Å². The summed E-state index contributed by atoms with van der Waals surface area (Å²) >= 11 is 3.32. The highest BCUT2D eigenvalue weighted by Crippen LogP contribution is 2.07. The van der Waals surface area contributed by atoms with Gasteiger partial charge in [0.05, 0.1) is 0 Å². The molecule has 0 saturated carbocycles. The molecule has 0 fully saturated rings. The normalized spacial score (nSPS) is 16.0. The van der Waals surface area contributed by atoms with Crippen molar-refractivity contribution in [1.29, 1.82) is 0 Å². The van der Waals surface area contributed by atoms with Gasteiger partial charge in [-0.2, -0.15) is 0 Å². The molecule has 2 unspecified atom stereocenters. The van der Waals surface area contributed by atoms with Crippen molar-refractivity contribution in [3.63, 3.8) is 0 Å². The maximum absolute atomic E-state index is 3.77. The van der Waals surface area contributed by atoms with E-state index in [0.29, 0.717) is 6.04 Å². The second kappa shape index (κ2) is 5.78.